The smallest absolute Gasteiger partial charge is 0.130 e. The third-order valence-corrected chi connectivity index (χ3v) is 5.24. The summed E-state index contributed by atoms with van der Waals surface area (Å²) in [6, 6.07) is 10.0. The fourth-order valence-electron chi connectivity index (χ4n) is 3.44. The van der Waals surface area contributed by atoms with Gasteiger partial charge in [0.15, 0.2) is 0 Å². The van der Waals surface area contributed by atoms with Crippen LogP contribution in [0.15, 0.2) is 36.4 Å². The number of ether oxygens (including phenoxy) is 2. The lowest BCUT2D eigenvalue weighted by molar-refractivity contribution is -0.231. The number of methoxy groups -OCH3 is 1. The molecule has 0 radical (unpaired) electrons. The number of benzene rings is 2. The molecule has 0 saturated carbocycles. The first-order valence-electron chi connectivity index (χ1n) is 9.08. The largest absolute Gasteiger partial charge is 0.497 e. The van der Waals surface area contributed by atoms with E-state index in [-0.39, 0.29) is 5.82 Å². The summed E-state index contributed by atoms with van der Waals surface area (Å²) >= 11 is 0. The van der Waals surface area contributed by atoms with Crippen molar-refractivity contribution in [3.05, 3.63) is 64.5 Å². The van der Waals surface area contributed by atoms with E-state index in [0.717, 1.165) is 11.1 Å². The molecule has 2 aromatic rings. The maximum Gasteiger partial charge on any atom is 0.130 e. The van der Waals surface area contributed by atoms with E-state index in [1.165, 1.54) is 13.2 Å². The second-order valence-corrected chi connectivity index (χ2v) is 7.07. The lowest BCUT2D eigenvalue weighted by Gasteiger charge is -2.40. The molecule has 6 nitrogen and oxygen atoms in total. The number of aryl methyl sites for hydroxylation is 1. The molecular formula is C21H25FO6. The third kappa shape index (κ3) is 4.04. The number of rotatable bonds is 5. The molecule has 0 bridgehead atoms. The monoisotopic (exact) mass is 392 g/mol. The molecule has 28 heavy (non-hydrogen) atoms. The summed E-state index contributed by atoms with van der Waals surface area (Å²) < 4.78 is 25.0. The van der Waals surface area contributed by atoms with Crippen LogP contribution in [0.3, 0.4) is 0 Å². The zero-order valence-electron chi connectivity index (χ0n) is 15.7. The van der Waals surface area contributed by atoms with Crippen LogP contribution in [0.25, 0.3) is 0 Å². The van der Waals surface area contributed by atoms with Crippen LogP contribution in [0.1, 0.15) is 28.4 Å². The van der Waals surface area contributed by atoms with Crippen molar-refractivity contribution in [2.24, 2.45) is 0 Å². The van der Waals surface area contributed by atoms with Crippen LogP contribution in [0.5, 0.6) is 5.75 Å². The summed E-state index contributed by atoms with van der Waals surface area (Å²) in [5, 5.41) is 39.7. The van der Waals surface area contributed by atoms with Crippen molar-refractivity contribution in [2.75, 3.05) is 13.7 Å². The molecule has 1 aliphatic rings. The van der Waals surface area contributed by atoms with Crippen LogP contribution in [-0.2, 0) is 11.2 Å². The Hall–Kier alpha value is -2.03. The van der Waals surface area contributed by atoms with E-state index in [2.05, 4.69) is 0 Å². The molecule has 0 spiro atoms. The van der Waals surface area contributed by atoms with Crippen LogP contribution in [-0.4, -0.2) is 58.6 Å². The topological polar surface area (TPSA) is 99.4 Å². The maximum atomic E-state index is 14.3. The van der Waals surface area contributed by atoms with Crippen LogP contribution < -0.4 is 4.74 Å². The van der Waals surface area contributed by atoms with Gasteiger partial charge in [0.2, 0.25) is 0 Å². The molecule has 0 unspecified atom stereocenters. The summed E-state index contributed by atoms with van der Waals surface area (Å²) in [6.45, 7) is 1.41. The fraction of sp³-hybridized carbons (Fsp3) is 0.429. The minimum Gasteiger partial charge on any atom is -0.497 e. The minimum absolute atomic E-state index is 0.326. The molecule has 0 aromatic heterocycles. The number of halogens is 1. The van der Waals surface area contributed by atoms with E-state index in [1.54, 1.807) is 24.3 Å². The van der Waals surface area contributed by atoms with E-state index in [4.69, 9.17) is 9.47 Å². The molecule has 1 saturated heterocycles. The van der Waals surface area contributed by atoms with Gasteiger partial charge >= 0.3 is 0 Å². The van der Waals surface area contributed by atoms with E-state index in [0.29, 0.717) is 23.3 Å². The molecular weight excluding hydrogens is 367 g/mol. The maximum absolute atomic E-state index is 14.3. The fourth-order valence-corrected chi connectivity index (χ4v) is 3.44. The predicted molar refractivity (Wildman–Crippen MR) is 99.7 cm³/mol. The number of aliphatic hydroxyl groups excluding tert-OH is 4. The average Bonchev–Trinajstić information content (AvgIpc) is 2.69. The van der Waals surface area contributed by atoms with Crippen LogP contribution in [0, 0.1) is 12.7 Å². The highest BCUT2D eigenvalue weighted by Gasteiger charge is 2.43. The Kier molecular flexibility index (Phi) is 6.32. The van der Waals surface area contributed by atoms with Gasteiger partial charge in [-0.25, -0.2) is 4.39 Å². The summed E-state index contributed by atoms with van der Waals surface area (Å²) in [6.07, 6.45) is -5.78. The van der Waals surface area contributed by atoms with Crippen molar-refractivity contribution in [1.82, 2.24) is 0 Å². The van der Waals surface area contributed by atoms with Crippen molar-refractivity contribution in [2.45, 2.75) is 43.9 Å². The van der Waals surface area contributed by atoms with E-state index in [1.807, 2.05) is 13.0 Å². The highest BCUT2D eigenvalue weighted by Crippen LogP contribution is 2.33. The van der Waals surface area contributed by atoms with Crippen molar-refractivity contribution < 1.29 is 34.3 Å². The van der Waals surface area contributed by atoms with Crippen LogP contribution in [0.4, 0.5) is 4.39 Å². The standard InChI is InChI=1S/C21H25FO6/c1-11-3-4-13(21-20(26)19(25)18(24)17(10-23)28-21)8-14(11)7-12-5-6-15(27-2)9-16(12)22/h3-6,8-9,17-21,23-26H,7,10H2,1-2H3/t17-,18-,19+,20-,21+/m1/s1. The third-order valence-electron chi connectivity index (χ3n) is 5.24. The summed E-state index contributed by atoms with van der Waals surface area (Å²) in [5.41, 5.74) is 2.84. The minimum atomic E-state index is -1.44. The molecule has 1 fully saturated rings. The number of hydrogen-bond acceptors (Lipinski definition) is 6. The van der Waals surface area contributed by atoms with Crippen molar-refractivity contribution in [1.29, 1.82) is 0 Å². The lowest BCUT2D eigenvalue weighted by atomic mass is 9.89. The molecule has 152 valence electrons. The molecule has 0 amide bonds. The van der Waals surface area contributed by atoms with E-state index >= 15 is 0 Å². The first-order valence-corrected chi connectivity index (χ1v) is 9.08. The lowest BCUT2D eigenvalue weighted by Crippen LogP contribution is -2.55. The molecule has 5 atom stereocenters. The molecule has 0 aliphatic carbocycles. The van der Waals surface area contributed by atoms with Gasteiger partial charge in [-0.15, -0.1) is 0 Å². The van der Waals surface area contributed by atoms with Gasteiger partial charge in [-0.05, 0) is 35.2 Å². The van der Waals surface area contributed by atoms with E-state index < -0.39 is 37.1 Å². The Labute approximate surface area is 162 Å². The van der Waals surface area contributed by atoms with Gasteiger partial charge in [0, 0.05) is 12.5 Å². The Morgan fingerprint density at radius 1 is 1.00 bits per heavy atom. The molecule has 7 heteroatoms. The predicted octanol–water partition coefficient (Wildman–Crippen LogP) is 1.25. The van der Waals surface area contributed by atoms with Crippen LogP contribution in [0.2, 0.25) is 0 Å². The number of aliphatic hydroxyl groups is 4. The quantitative estimate of drug-likeness (QED) is 0.611. The Morgan fingerprint density at radius 2 is 1.75 bits per heavy atom. The molecule has 1 aliphatic heterocycles. The molecule has 1 heterocycles. The van der Waals surface area contributed by atoms with Gasteiger partial charge in [0.05, 0.1) is 13.7 Å². The SMILES string of the molecule is COc1ccc(Cc2cc([C@@H]3O[C@H](CO)[C@@H](O)[C@H](O)[C@H]3O)ccc2C)c(F)c1. The van der Waals surface area contributed by atoms with Gasteiger partial charge in [0.25, 0.3) is 0 Å². The van der Waals surface area contributed by atoms with Gasteiger partial charge in [0.1, 0.15) is 42.1 Å². The summed E-state index contributed by atoms with van der Waals surface area (Å²) in [5.74, 6) is 0.0602. The second-order valence-electron chi connectivity index (χ2n) is 7.07. The zero-order valence-corrected chi connectivity index (χ0v) is 15.7. The zero-order chi connectivity index (χ0) is 20.4. The molecule has 4 N–H and O–H groups in total. The normalized spacial score (nSPS) is 27.6. The Balaban J connectivity index is 1.89. The van der Waals surface area contributed by atoms with Gasteiger partial charge < -0.3 is 29.9 Å². The van der Waals surface area contributed by atoms with E-state index in [9.17, 15) is 24.8 Å². The highest BCUT2D eigenvalue weighted by atomic mass is 19.1. The summed E-state index contributed by atoms with van der Waals surface area (Å²) in [4.78, 5) is 0. The van der Waals surface area contributed by atoms with Crippen LogP contribution >= 0.6 is 0 Å². The van der Waals surface area contributed by atoms with Crippen molar-refractivity contribution in [3.8, 4) is 5.75 Å². The second kappa shape index (κ2) is 8.55. The first-order chi connectivity index (χ1) is 13.3. The Bertz CT molecular complexity index is 825. The van der Waals surface area contributed by atoms with Crippen molar-refractivity contribution in [3.63, 3.8) is 0 Å². The average molecular weight is 392 g/mol. The van der Waals surface area contributed by atoms with Gasteiger partial charge in [-0.1, -0.05) is 24.3 Å². The summed E-state index contributed by atoms with van der Waals surface area (Å²) in [7, 11) is 1.47. The first kappa shape index (κ1) is 20.7. The number of hydrogen-bond donors (Lipinski definition) is 4. The van der Waals surface area contributed by atoms with Gasteiger partial charge in [-0.3, -0.25) is 0 Å². The van der Waals surface area contributed by atoms with Crippen molar-refractivity contribution >= 4 is 0 Å². The van der Waals surface area contributed by atoms with Gasteiger partial charge in [-0.2, -0.15) is 0 Å². The Morgan fingerprint density at radius 3 is 2.39 bits per heavy atom. The molecule has 2 aromatic carbocycles. The highest BCUT2D eigenvalue weighted by molar-refractivity contribution is 5.39. The molecule has 3 rings (SSSR count).